The third-order valence-corrected chi connectivity index (χ3v) is 6.53. The van der Waals surface area contributed by atoms with E-state index in [1.807, 2.05) is 39.2 Å². The number of piperidine rings is 1. The van der Waals surface area contributed by atoms with Gasteiger partial charge in [-0.1, -0.05) is 61.2 Å². The molecule has 3 atom stereocenters. The van der Waals surface area contributed by atoms with E-state index in [1.165, 1.54) is 31.6 Å². The Morgan fingerprint density at radius 3 is 2.05 bits per heavy atom. The van der Waals surface area contributed by atoms with Gasteiger partial charge >= 0.3 is 12.4 Å². The van der Waals surface area contributed by atoms with Crippen molar-refractivity contribution in [1.29, 1.82) is 0 Å². The highest BCUT2D eigenvalue weighted by atomic mass is 19.4. The standard InChI is InChI=1S/C20H27NO.C11H10F6O.C2H7N/c1-3-5-11-19(4-2)20-13-12-18(14-21-20)16-22-15-17-9-7-6-8-10-17;1-6(18-2)7-3-8(10(12,13)14)5-9(4-7)11(15,16)17;1-3-2/h3-11,18,20-21H,2,12-16H2,1H3;3-6H,1-2H3;3H,1-2H3/b5-3-,19-11+;;. The highest BCUT2D eigenvalue weighted by Gasteiger charge is 2.37. The fourth-order valence-electron chi connectivity index (χ4n) is 4.14. The number of ether oxygens (including phenoxy) is 2. The third-order valence-electron chi connectivity index (χ3n) is 6.53. The number of benzene rings is 2. The lowest BCUT2D eigenvalue weighted by atomic mass is 9.91. The number of hydrogen-bond donors (Lipinski definition) is 2. The second-order valence-corrected chi connectivity index (χ2v) is 10.0. The molecule has 2 aromatic rings. The molecular weight excluding hydrogens is 570 g/mol. The summed E-state index contributed by atoms with van der Waals surface area (Å²) < 4.78 is 85.6. The fraction of sp³-hybridized carbons (Fsp3) is 0.455. The van der Waals surface area contributed by atoms with Gasteiger partial charge in [0, 0.05) is 19.7 Å². The molecule has 0 bridgehead atoms. The Morgan fingerprint density at radius 1 is 1.02 bits per heavy atom. The molecule has 43 heavy (non-hydrogen) atoms. The monoisotopic (exact) mass is 614 g/mol. The van der Waals surface area contributed by atoms with E-state index in [-0.39, 0.29) is 11.6 Å². The number of alkyl halides is 6. The highest BCUT2D eigenvalue weighted by molar-refractivity contribution is 5.34. The van der Waals surface area contributed by atoms with E-state index in [2.05, 4.69) is 53.6 Å². The number of nitrogens with one attached hydrogen (secondary N) is 2. The lowest BCUT2D eigenvalue weighted by Crippen LogP contribution is -2.41. The summed E-state index contributed by atoms with van der Waals surface area (Å²) in [6, 6.07) is 12.2. The molecule has 1 saturated heterocycles. The molecule has 3 unspecified atom stereocenters. The zero-order chi connectivity index (χ0) is 32.5. The van der Waals surface area contributed by atoms with Crippen molar-refractivity contribution in [3.8, 4) is 0 Å². The van der Waals surface area contributed by atoms with Gasteiger partial charge < -0.3 is 20.1 Å². The van der Waals surface area contributed by atoms with Gasteiger partial charge in [0.1, 0.15) is 0 Å². The third kappa shape index (κ3) is 14.4. The molecule has 0 aromatic heterocycles. The summed E-state index contributed by atoms with van der Waals surface area (Å²) in [5.74, 6) is 0.604. The molecule has 0 aliphatic carbocycles. The van der Waals surface area contributed by atoms with Crippen molar-refractivity contribution in [2.75, 3.05) is 34.4 Å². The van der Waals surface area contributed by atoms with E-state index in [9.17, 15) is 26.3 Å². The van der Waals surface area contributed by atoms with Crippen molar-refractivity contribution in [2.24, 2.45) is 5.92 Å². The van der Waals surface area contributed by atoms with Crippen molar-refractivity contribution >= 4 is 0 Å². The Morgan fingerprint density at radius 2 is 1.60 bits per heavy atom. The van der Waals surface area contributed by atoms with Crippen molar-refractivity contribution in [3.63, 3.8) is 0 Å². The molecule has 0 spiro atoms. The van der Waals surface area contributed by atoms with Crippen LogP contribution in [0, 0.1) is 5.92 Å². The molecular formula is C33H44F6N2O2. The molecule has 0 amide bonds. The Labute approximate surface area is 251 Å². The van der Waals surface area contributed by atoms with E-state index >= 15 is 0 Å². The second kappa shape index (κ2) is 19.4. The summed E-state index contributed by atoms with van der Waals surface area (Å²) >= 11 is 0. The molecule has 10 heteroatoms. The largest absolute Gasteiger partial charge is 0.416 e. The van der Waals surface area contributed by atoms with E-state index in [4.69, 9.17) is 9.47 Å². The average molecular weight is 615 g/mol. The van der Waals surface area contributed by atoms with Gasteiger partial charge in [0.05, 0.1) is 30.4 Å². The van der Waals surface area contributed by atoms with Gasteiger partial charge in [0.15, 0.2) is 0 Å². The van der Waals surface area contributed by atoms with Crippen LogP contribution >= 0.6 is 0 Å². The predicted octanol–water partition coefficient (Wildman–Crippen LogP) is 8.53. The maximum absolute atomic E-state index is 12.5. The molecule has 0 saturated carbocycles. The van der Waals surface area contributed by atoms with Crippen LogP contribution in [-0.2, 0) is 28.4 Å². The Balaban J connectivity index is 0.000000401. The summed E-state index contributed by atoms with van der Waals surface area (Å²) in [6.07, 6.45) is 0.0735. The van der Waals surface area contributed by atoms with E-state index in [0.29, 0.717) is 30.7 Å². The van der Waals surface area contributed by atoms with Gasteiger partial charge in [-0.3, -0.25) is 0 Å². The van der Waals surface area contributed by atoms with Crippen molar-refractivity contribution in [3.05, 3.63) is 107 Å². The number of rotatable bonds is 9. The van der Waals surface area contributed by atoms with Gasteiger partial charge in [0.2, 0.25) is 0 Å². The van der Waals surface area contributed by atoms with Gasteiger partial charge in [-0.25, -0.2) is 0 Å². The molecule has 1 aliphatic heterocycles. The lowest BCUT2D eigenvalue weighted by molar-refractivity contribution is -0.143. The quantitative estimate of drug-likeness (QED) is 0.220. The lowest BCUT2D eigenvalue weighted by Gasteiger charge is -2.30. The Bertz CT molecular complexity index is 1090. The summed E-state index contributed by atoms with van der Waals surface area (Å²) in [5, 5.41) is 6.37. The first-order chi connectivity index (χ1) is 20.3. The normalized spacial score (nSPS) is 18.3. The van der Waals surface area contributed by atoms with Gasteiger partial charge in [-0.05, 0) is 81.6 Å². The smallest absolute Gasteiger partial charge is 0.377 e. The molecule has 2 aromatic carbocycles. The van der Waals surface area contributed by atoms with Crippen LogP contribution in [0.1, 0.15) is 55.0 Å². The van der Waals surface area contributed by atoms with Crippen LogP contribution < -0.4 is 10.6 Å². The topological polar surface area (TPSA) is 42.5 Å². The second-order valence-electron chi connectivity index (χ2n) is 10.0. The van der Waals surface area contributed by atoms with Crippen molar-refractivity contribution in [1.82, 2.24) is 10.6 Å². The van der Waals surface area contributed by atoms with Gasteiger partial charge in [-0.15, -0.1) is 0 Å². The molecule has 3 rings (SSSR count). The molecule has 1 aliphatic rings. The van der Waals surface area contributed by atoms with Crippen LogP contribution in [0.15, 0.2) is 85.0 Å². The maximum atomic E-state index is 12.5. The van der Waals surface area contributed by atoms with Crippen LogP contribution in [0.5, 0.6) is 0 Å². The summed E-state index contributed by atoms with van der Waals surface area (Å²) in [7, 11) is 4.96. The van der Waals surface area contributed by atoms with Crippen molar-refractivity contribution < 1.29 is 35.8 Å². The minimum atomic E-state index is -4.83. The van der Waals surface area contributed by atoms with Crippen LogP contribution in [0.3, 0.4) is 0 Å². The molecule has 0 radical (unpaired) electrons. The molecule has 1 fully saturated rings. The first-order valence-electron chi connectivity index (χ1n) is 14.0. The summed E-state index contributed by atoms with van der Waals surface area (Å²) in [5.41, 5.74) is -0.318. The van der Waals surface area contributed by atoms with E-state index in [1.54, 1.807) is 0 Å². The van der Waals surface area contributed by atoms with Gasteiger partial charge in [-0.2, -0.15) is 26.3 Å². The van der Waals surface area contributed by atoms with Crippen LogP contribution in [0.2, 0.25) is 0 Å². The predicted molar refractivity (Wildman–Crippen MR) is 161 cm³/mol. The zero-order valence-corrected chi connectivity index (χ0v) is 25.5. The first kappa shape index (κ1) is 38.1. The van der Waals surface area contributed by atoms with Crippen molar-refractivity contribution in [2.45, 2.75) is 57.8 Å². The Hall–Kier alpha value is -2.92. The number of halogens is 6. The number of hydrogen-bond acceptors (Lipinski definition) is 4. The highest BCUT2D eigenvalue weighted by Crippen LogP contribution is 2.37. The number of methoxy groups -OCH3 is 1. The van der Waals surface area contributed by atoms with Crippen LogP contribution in [0.25, 0.3) is 0 Å². The maximum Gasteiger partial charge on any atom is 0.416 e. The summed E-state index contributed by atoms with van der Waals surface area (Å²) in [4.78, 5) is 0. The van der Waals surface area contributed by atoms with E-state index in [0.717, 1.165) is 19.6 Å². The molecule has 2 N–H and O–H groups in total. The first-order valence-corrected chi connectivity index (χ1v) is 14.0. The average Bonchev–Trinajstić information content (AvgIpc) is 2.98. The van der Waals surface area contributed by atoms with Gasteiger partial charge in [0.25, 0.3) is 0 Å². The SMILES string of the molecule is C=C/C(=C\C=C/C)C1CCC(COCc2ccccc2)CN1.CNC.COC(C)c1cc(C(F)(F)F)cc(C(F)(F)F)c1. The molecule has 1 heterocycles. The van der Waals surface area contributed by atoms with Crippen LogP contribution in [0.4, 0.5) is 26.3 Å². The molecule has 240 valence electrons. The summed E-state index contributed by atoms with van der Waals surface area (Å²) in [6.45, 7) is 9.88. The number of allylic oxidation sites excluding steroid dienone is 3. The minimum absolute atomic E-state index is 0.0892. The fourth-order valence-corrected chi connectivity index (χ4v) is 4.14. The van der Waals surface area contributed by atoms with Crippen LogP contribution in [-0.4, -0.2) is 40.4 Å². The Kier molecular flexibility index (Phi) is 17.2. The van der Waals surface area contributed by atoms with E-state index < -0.39 is 29.6 Å². The minimum Gasteiger partial charge on any atom is -0.377 e. The zero-order valence-electron chi connectivity index (χ0n) is 25.5. The molecule has 4 nitrogen and oxygen atoms in total.